The van der Waals surface area contributed by atoms with E-state index in [1.807, 2.05) is 13.2 Å². The Balaban J connectivity index is 2.00. The van der Waals surface area contributed by atoms with Gasteiger partial charge in [0.1, 0.15) is 0 Å². The third-order valence-electron chi connectivity index (χ3n) is 3.07. The van der Waals surface area contributed by atoms with Gasteiger partial charge in [-0.3, -0.25) is 4.68 Å². The monoisotopic (exact) mass is 297 g/mol. The number of nitrogens with zero attached hydrogens (tertiary/aromatic N) is 3. The van der Waals surface area contributed by atoms with E-state index in [1.165, 1.54) is 0 Å². The van der Waals surface area contributed by atoms with Crippen molar-refractivity contribution < 1.29 is 8.42 Å². The normalized spacial score (nSPS) is 11.9. The van der Waals surface area contributed by atoms with Gasteiger partial charge in [0.25, 0.3) is 0 Å². The summed E-state index contributed by atoms with van der Waals surface area (Å²) < 4.78 is 30.2. The fourth-order valence-corrected chi connectivity index (χ4v) is 3.07. The van der Waals surface area contributed by atoms with Crippen LogP contribution in [0.4, 0.5) is 0 Å². The SMILES string of the molecule is Cn1cc(CCNS(=O)(=O)c2cc(CN)n(C)c2)cn1. The van der Waals surface area contributed by atoms with E-state index in [1.54, 1.807) is 34.8 Å². The second kappa shape index (κ2) is 5.78. The van der Waals surface area contributed by atoms with E-state index in [9.17, 15) is 8.42 Å². The average molecular weight is 297 g/mol. The molecule has 0 amide bonds. The van der Waals surface area contributed by atoms with Crippen molar-refractivity contribution in [3.8, 4) is 0 Å². The molecule has 0 aliphatic carbocycles. The van der Waals surface area contributed by atoms with E-state index in [4.69, 9.17) is 5.73 Å². The van der Waals surface area contributed by atoms with Crippen LogP contribution < -0.4 is 10.5 Å². The minimum Gasteiger partial charge on any atom is -0.352 e. The van der Waals surface area contributed by atoms with Crippen LogP contribution in [0, 0.1) is 0 Å². The maximum atomic E-state index is 12.1. The van der Waals surface area contributed by atoms with Crippen LogP contribution in [0.5, 0.6) is 0 Å². The van der Waals surface area contributed by atoms with Gasteiger partial charge in [0.2, 0.25) is 10.0 Å². The molecule has 0 aliphatic heterocycles. The molecule has 2 heterocycles. The molecule has 8 heteroatoms. The molecule has 0 radical (unpaired) electrons. The van der Waals surface area contributed by atoms with Crippen LogP contribution in [0.25, 0.3) is 0 Å². The van der Waals surface area contributed by atoms with E-state index in [-0.39, 0.29) is 4.90 Å². The molecular formula is C12H19N5O2S. The molecule has 0 atom stereocenters. The number of sulfonamides is 1. The number of hydrogen-bond acceptors (Lipinski definition) is 4. The van der Waals surface area contributed by atoms with Crippen LogP contribution in [0.1, 0.15) is 11.3 Å². The fraction of sp³-hybridized carbons (Fsp3) is 0.417. The van der Waals surface area contributed by atoms with Crippen LogP contribution in [-0.4, -0.2) is 29.3 Å². The third kappa shape index (κ3) is 3.27. The molecule has 3 N–H and O–H groups in total. The summed E-state index contributed by atoms with van der Waals surface area (Å²) >= 11 is 0. The van der Waals surface area contributed by atoms with Gasteiger partial charge in [0.05, 0.1) is 11.1 Å². The van der Waals surface area contributed by atoms with Crippen molar-refractivity contribution in [1.29, 1.82) is 0 Å². The summed E-state index contributed by atoms with van der Waals surface area (Å²) in [6.07, 6.45) is 5.75. The lowest BCUT2D eigenvalue weighted by Gasteiger charge is -2.03. The Morgan fingerprint density at radius 3 is 2.65 bits per heavy atom. The maximum absolute atomic E-state index is 12.1. The van der Waals surface area contributed by atoms with Crippen molar-refractivity contribution in [2.45, 2.75) is 17.9 Å². The van der Waals surface area contributed by atoms with E-state index in [0.29, 0.717) is 19.5 Å². The Morgan fingerprint density at radius 1 is 1.35 bits per heavy atom. The molecule has 2 aromatic rings. The Kier molecular flexibility index (Phi) is 4.26. The van der Waals surface area contributed by atoms with Gasteiger partial charge in [0.15, 0.2) is 0 Å². The molecule has 0 unspecified atom stereocenters. The zero-order valence-corrected chi connectivity index (χ0v) is 12.4. The number of rotatable bonds is 6. The predicted molar refractivity (Wildman–Crippen MR) is 75.4 cm³/mol. The van der Waals surface area contributed by atoms with E-state index >= 15 is 0 Å². The number of nitrogens with one attached hydrogen (secondary N) is 1. The lowest BCUT2D eigenvalue weighted by molar-refractivity contribution is 0.581. The third-order valence-corrected chi connectivity index (χ3v) is 4.49. The lowest BCUT2D eigenvalue weighted by atomic mass is 10.3. The highest BCUT2D eigenvalue weighted by Gasteiger charge is 2.16. The van der Waals surface area contributed by atoms with Crippen molar-refractivity contribution in [2.24, 2.45) is 19.8 Å². The van der Waals surface area contributed by atoms with Gasteiger partial charge < -0.3 is 10.3 Å². The zero-order valence-electron chi connectivity index (χ0n) is 11.6. The van der Waals surface area contributed by atoms with Crippen molar-refractivity contribution in [1.82, 2.24) is 19.1 Å². The van der Waals surface area contributed by atoms with Gasteiger partial charge in [-0.15, -0.1) is 0 Å². The van der Waals surface area contributed by atoms with E-state index < -0.39 is 10.0 Å². The lowest BCUT2D eigenvalue weighted by Crippen LogP contribution is -2.25. The average Bonchev–Trinajstić information content (AvgIpc) is 2.95. The summed E-state index contributed by atoms with van der Waals surface area (Å²) in [5.41, 5.74) is 7.31. The standard InChI is InChI=1S/C12H19N5O2S/c1-16-9-12(5-11(16)6-13)20(18,19)15-4-3-10-7-14-17(2)8-10/h5,7-9,15H,3-4,6,13H2,1-2H3. The summed E-state index contributed by atoms with van der Waals surface area (Å²) in [7, 11) is 0.111. The van der Waals surface area contributed by atoms with Crippen LogP contribution >= 0.6 is 0 Å². The topological polar surface area (TPSA) is 94.9 Å². The summed E-state index contributed by atoms with van der Waals surface area (Å²) in [5.74, 6) is 0. The molecule has 0 saturated heterocycles. The molecule has 7 nitrogen and oxygen atoms in total. The van der Waals surface area contributed by atoms with Gasteiger partial charge in [-0.1, -0.05) is 0 Å². The number of aryl methyl sites for hydroxylation is 2. The maximum Gasteiger partial charge on any atom is 0.242 e. The van der Waals surface area contributed by atoms with Crippen molar-refractivity contribution in [2.75, 3.05) is 6.54 Å². The van der Waals surface area contributed by atoms with Crippen molar-refractivity contribution >= 4 is 10.0 Å². The molecule has 0 fully saturated rings. The quantitative estimate of drug-likeness (QED) is 0.768. The fourth-order valence-electron chi connectivity index (χ4n) is 1.94. The molecule has 20 heavy (non-hydrogen) atoms. The van der Waals surface area contributed by atoms with Gasteiger partial charge >= 0.3 is 0 Å². The van der Waals surface area contributed by atoms with Crippen LogP contribution in [0.15, 0.2) is 29.6 Å². The van der Waals surface area contributed by atoms with Gasteiger partial charge in [-0.2, -0.15) is 5.10 Å². The van der Waals surface area contributed by atoms with Crippen molar-refractivity contribution in [3.63, 3.8) is 0 Å². The number of hydrogen-bond donors (Lipinski definition) is 2. The minimum absolute atomic E-state index is 0.242. The van der Waals surface area contributed by atoms with E-state index in [2.05, 4.69) is 9.82 Å². The first-order valence-electron chi connectivity index (χ1n) is 6.25. The molecule has 0 spiro atoms. The van der Waals surface area contributed by atoms with Crippen LogP contribution in [0.3, 0.4) is 0 Å². The molecule has 0 bridgehead atoms. The Bertz CT molecular complexity index is 687. The van der Waals surface area contributed by atoms with E-state index in [0.717, 1.165) is 11.3 Å². The summed E-state index contributed by atoms with van der Waals surface area (Å²) in [5, 5.41) is 4.04. The number of aromatic nitrogens is 3. The summed E-state index contributed by atoms with van der Waals surface area (Å²) in [6.45, 7) is 0.641. The highest BCUT2D eigenvalue weighted by atomic mass is 32.2. The smallest absolute Gasteiger partial charge is 0.242 e. The first-order chi connectivity index (χ1) is 9.42. The first kappa shape index (κ1) is 14.8. The summed E-state index contributed by atoms with van der Waals surface area (Å²) in [4.78, 5) is 0.242. The largest absolute Gasteiger partial charge is 0.352 e. The first-order valence-corrected chi connectivity index (χ1v) is 7.73. The van der Waals surface area contributed by atoms with Gasteiger partial charge in [-0.05, 0) is 18.1 Å². The van der Waals surface area contributed by atoms with Gasteiger partial charge in [-0.25, -0.2) is 13.1 Å². The van der Waals surface area contributed by atoms with Crippen LogP contribution in [0.2, 0.25) is 0 Å². The van der Waals surface area contributed by atoms with Crippen molar-refractivity contribution in [3.05, 3.63) is 35.9 Å². The second-order valence-electron chi connectivity index (χ2n) is 4.65. The number of nitrogens with two attached hydrogens (primary N) is 1. The molecule has 0 aromatic carbocycles. The second-order valence-corrected chi connectivity index (χ2v) is 6.42. The highest BCUT2D eigenvalue weighted by molar-refractivity contribution is 7.89. The summed E-state index contributed by atoms with van der Waals surface area (Å²) in [6, 6.07) is 1.59. The zero-order chi connectivity index (χ0) is 14.8. The molecule has 2 rings (SSSR count). The molecule has 2 aromatic heterocycles. The molecular weight excluding hydrogens is 278 g/mol. The van der Waals surface area contributed by atoms with Crippen LogP contribution in [-0.2, 0) is 37.1 Å². The highest BCUT2D eigenvalue weighted by Crippen LogP contribution is 2.12. The molecule has 0 saturated carbocycles. The predicted octanol–water partition coefficient (Wildman–Crippen LogP) is -0.262. The Labute approximate surface area is 118 Å². The van der Waals surface area contributed by atoms with Gasteiger partial charge in [0, 0.05) is 45.3 Å². The molecule has 110 valence electrons. The Hall–Kier alpha value is -1.64. The molecule has 0 aliphatic rings. The minimum atomic E-state index is -3.49. The Morgan fingerprint density at radius 2 is 2.10 bits per heavy atom.